The first-order valence-electron chi connectivity index (χ1n) is 7.93. The van der Waals surface area contributed by atoms with E-state index in [1.807, 2.05) is 18.2 Å². The summed E-state index contributed by atoms with van der Waals surface area (Å²) in [5.74, 6) is -0.398. The molecule has 0 bridgehead atoms. The summed E-state index contributed by atoms with van der Waals surface area (Å²) < 4.78 is 11.1. The third-order valence-electron chi connectivity index (χ3n) is 3.78. The van der Waals surface area contributed by atoms with Crippen LogP contribution in [-0.2, 0) is 16.1 Å². The topological polar surface area (TPSA) is 64.6 Å². The molecule has 0 saturated carbocycles. The predicted octanol–water partition coefficient (Wildman–Crippen LogP) is 4.69. The van der Waals surface area contributed by atoms with Crippen molar-refractivity contribution in [2.45, 2.75) is 6.54 Å². The highest BCUT2D eigenvalue weighted by atomic mass is 35.5. The maximum atomic E-state index is 12.3. The van der Waals surface area contributed by atoms with Gasteiger partial charge < -0.3 is 14.8 Å². The molecule has 2 aromatic carbocycles. The van der Waals surface area contributed by atoms with Gasteiger partial charge in [0.25, 0.3) is 5.91 Å². The number of rotatable bonds is 6. The molecule has 0 fully saturated rings. The molecule has 5 nitrogen and oxygen atoms in total. The van der Waals surface area contributed by atoms with Gasteiger partial charge in [-0.2, -0.15) is 0 Å². The summed E-state index contributed by atoms with van der Waals surface area (Å²) >= 11 is 13.4. The fourth-order valence-corrected chi connectivity index (χ4v) is 4.14. The number of fused-ring (bicyclic) bond motifs is 1. The Bertz CT molecular complexity index is 1000. The molecule has 1 aromatic heterocycles. The SMILES string of the molecule is COc1ccccc1CNC(=O)COC(=O)c1sc2cc(Cl)ccc2c1Cl. The molecule has 0 aliphatic rings. The Hall–Kier alpha value is -2.28. The van der Waals surface area contributed by atoms with Crippen LogP contribution in [0.1, 0.15) is 15.2 Å². The predicted molar refractivity (Wildman–Crippen MR) is 107 cm³/mol. The van der Waals surface area contributed by atoms with Crippen molar-refractivity contribution in [2.75, 3.05) is 13.7 Å². The number of carbonyl (C=O) groups is 2. The van der Waals surface area contributed by atoms with Crippen LogP contribution in [0, 0.1) is 0 Å². The summed E-state index contributed by atoms with van der Waals surface area (Å²) in [7, 11) is 1.56. The number of carbonyl (C=O) groups excluding carboxylic acids is 2. The van der Waals surface area contributed by atoms with Crippen LogP contribution < -0.4 is 10.1 Å². The fraction of sp³-hybridized carbons (Fsp3) is 0.158. The van der Waals surface area contributed by atoms with Gasteiger partial charge in [-0.25, -0.2) is 4.79 Å². The van der Waals surface area contributed by atoms with Crippen LogP contribution in [0.15, 0.2) is 42.5 Å². The molecule has 0 spiro atoms. The zero-order valence-electron chi connectivity index (χ0n) is 14.3. The molecule has 0 aliphatic heterocycles. The highest BCUT2D eigenvalue weighted by molar-refractivity contribution is 7.21. The lowest BCUT2D eigenvalue weighted by atomic mass is 10.2. The lowest BCUT2D eigenvalue weighted by Crippen LogP contribution is -2.28. The van der Waals surface area contributed by atoms with Crippen LogP contribution in [0.5, 0.6) is 5.75 Å². The normalized spacial score (nSPS) is 10.6. The van der Waals surface area contributed by atoms with E-state index in [2.05, 4.69) is 5.32 Å². The van der Waals surface area contributed by atoms with Gasteiger partial charge in [0.15, 0.2) is 6.61 Å². The van der Waals surface area contributed by atoms with Gasteiger partial charge in [0.1, 0.15) is 10.6 Å². The quantitative estimate of drug-likeness (QED) is 0.584. The van der Waals surface area contributed by atoms with Crippen LogP contribution in [0.25, 0.3) is 10.1 Å². The zero-order valence-corrected chi connectivity index (χ0v) is 16.6. The van der Waals surface area contributed by atoms with E-state index < -0.39 is 18.5 Å². The molecule has 140 valence electrons. The second kappa shape index (κ2) is 8.61. The number of amides is 1. The standard InChI is InChI=1S/C19H15Cl2NO4S/c1-25-14-5-3-2-4-11(14)9-22-16(23)10-26-19(24)18-17(21)13-7-6-12(20)8-15(13)27-18/h2-8H,9-10H2,1H3,(H,22,23). The van der Waals surface area contributed by atoms with Gasteiger partial charge in [-0.15, -0.1) is 11.3 Å². The van der Waals surface area contributed by atoms with Crippen LogP contribution >= 0.6 is 34.5 Å². The van der Waals surface area contributed by atoms with Crippen molar-refractivity contribution in [3.63, 3.8) is 0 Å². The van der Waals surface area contributed by atoms with Crippen molar-refractivity contribution >= 4 is 56.5 Å². The van der Waals surface area contributed by atoms with Gasteiger partial charge in [-0.05, 0) is 18.2 Å². The van der Waals surface area contributed by atoms with E-state index in [0.29, 0.717) is 15.8 Å². The number of hydrogen-bond donors (Lipinski definition) is 1. The third kappa shape index (κ3) is 4.53. The molecule has 0 aliphatic carbocycles. The van der Waals surface area contributed by atoms with E-state index in [1.165, 1.54) is 11.3 Å². The van der Waals surface area contributed by atoms with Crippen molar-refractivity contribution in [3.8, 4) is 5.75 Å². The Balaban J connectivity index is 1.59. The summed E-state index contributed by atoms with van der Waals surface area (Å²) in [6, 6.07) is 12.5. The lowest BCUT2D eigenvalue weighted by Gasteiger charge is -2.09. The number of halogens is 2. The Morgan fingerprint density at radius 1 is 1.15 bits per heavy atom. The third-order valence-corrected chi connectivity index (χ3v) is 5.65. The van der Waals surface area contributed by atoms with E-state index in [4.69, 9.17) is 32.7 Å². The van der Waals surface area contributed by atoms with E-state index in [9.17, 15) is 9.59 Å². The van der Waals surface area contributed by atoms with Gasteiger partial charge in [0, 0.05) is 27.2 Å². The van der Waals surface area contributed by atoms with E-state index >= 15 is 0 Å². The Labute approximate surface area is 169 Å². The number of ether oxygens (including phenoxy) is 2. The monoisotopic (exact) mass is 423 g/mol. The number of para-hydroxylation sites is 1. The van der Waals surface area contributed by atoms with Gasteiger partial charge >= 0.3 is 5.97 Å². The maximum Gasteiger partial charge on any atom is 0.350 e. The molecular weight excluding hydrogens is 409 g/mol. The molecule has 0 saturated heterocycles. The molecule has 1 N–H and O–H groups in total. The van der Waals surface area contributed by atoms with Crippen molar-refractivity contribution in [1.29, 1.82) is 0 Å². The van der Waals surface area contributed by atoms with Gasteiger partial charge in [0.2, 0.25) is 0 Å². The zero-order chi connectivity index (χ0) is 19.4. The first kappa shape index (κ1) is 19.5. The van der Waals surface area contributed by atoms with E-state index in [1.54, 1.807) is 31.4 Å². The lowest BCUT2D eigenvalue weighted by molar-refractivity contribution is -0.124. The minimum Gasteiger partial charge on any atom is -0.496 e. The molecule has 0 atom stereocenters. The Morgan fingerprint density at radius 2 is 1.93 bits per heavy atom. The molecule has 1 heterocycles. The minimum atomic E-state index is -0.648. The van der Waals surface area contributed by atoms with Crippen LogP contribution in [0.2, 0.25) is 10.0 Å². The second-order valence-corrected chi connectivity index (χ2v) is 7.42. The number of benzene rings is 2. The average molecular weight is 424 g/mol. The molecule has 8 heteroatoms. The molecule has 0 unspecified atom stereocenters. The highest BCUT2D eigenvalue weighted by Crippen LogP contribution is 2.37. The highest BCUT2D eigenvalue weighted by Gasteiger charge is 2.19. The van der Waals surface area contributed by atoms with Crippen molar-refractivity contribution in [1.82, 2.24) is 5.32 Å². The molecular formula is C19H15Cl2NO4S. The summed E-state index contributed by atoms with van der Waals surface area (Å²) in [5.41, 5.74) is 0.823. The average Bonchev–Trinajstić information content (AvgIpc) is 3.00. The number of esters is 1. The van der Waals surface area contributed by atoms with Crippen molar-refractivity contribution in [3.05, 3.63) is 63.0 Å². The fourth-order valence-electron chi connectivity index (χ4n) is 2.46. The smallest absolute Gasteiger partial charge is 0.350 e. The van der Waals surface area contributed by atoms with E-state index in [0.717, 1.165) is 15.6 Å². The Morgan fingerprint density at radius 3 is 2.70 bits per heavy atom. The summed E-state index contributed by atoms with van der Waals surface area (Å²) in [6.45, 7) is -0.137. The minimum absolute atomic E-state index is 0.242. The van der Waals surface area contributed by atoms with Crippen LogP contribution in [0.4, 0.5) is 0 Å². The largest absolute Gasteiger partial charge is 0.496 e. The maximum absolute atomic E-state index is 12.3. The molecule has 0 radical (unpaired) electrons. The number of methoxy groups -OCH3 is 1. The molecule has 27 heavy (non-hydrogen) atoms. The first-order valence-corrected chi connectivity index (χ1v) is 9.50. The summed E-state index contributed by atoms with van der Waals surface area (Å²) in [4.78, 5) is 24.5. The number of thiophene rings is 1. The van der Waals surface area contributed by atoms with Gasteiger partial charge in [-0.3, -0.25) is 4.79 Å². The number of hydrogen-bond acceptors (Lipinski definition) is 5. The van der Waals surface area contributed by atoms with Gasteiger partial charge in [0.05, 0.1) is 12.1 Å². The number of nitrogens with one attached hydrogen (secondary N) is 1. The van der Waals surface area contributed by atoms with Crippen LogP contribution in [-0.4, -0.2) is 25.6 Å². The second-order valence-electron chi connectivity index (χ2n) is 5.55. The van der Waals surface area contributed by atoms with Crippen LogP contribution in [0.3, 0.4) is 0 Å². The Kier molecular flexibility index (Phi) is 6.21. The molecule has 3 rings (SSSR count). The molecule has 3 aromatic rings. The van der Waals surface area contributed by atoms with Gasteiger partial charge in [-0.1, -0.05) is 47.5 Å². The van der Waals surface area contributed by atoms with E-state index in [-0.39, 0.29) is 11.4 Å². The summed E-state index contributed by atoms with van der Waals surface area (Å²) in [6.07, 6.45) is 0. The van der Waals surface area contributed by atoms with Crippen molar-refractivity contribution in [2.24, 2.45) is 0 Å². The molecule has 1 amide bonds. The first-order chi connectivity index (χ1) is 13.0. The summed E-state index contributed by atoms with van der Waals surface area (Å²) in [5, 5.41) is 4.26. The van der Waals surface area contributed by atoms with Crippen molar-refractivity contribution < 1.29 is 19.1 Å².